The van der Waals surface area contributed by atoms with E-state index in [-0.39, 0.29) is 0 Å². The summed E-state index contributed by atoms with van der Waals surface area (Å²) < 4.78 is 0. The third-order valence-electron chi connectivity index (χ3n) is 8.65. The van der Waals surface area contributed by atoms with Crippen molar-refractivity contribution in [3.63, 3.8) is 0 Å². The quantitative estimate of drug-likeness (QED) is 0.190. The zero-order chi connectivity index (χ0) is 25.3. The molecule has 200 valence electrons. The highest BCUT2D eigenvalue weighted by atomic mass is 14.7. The summed E-state index contributed by atoms with van der Waals surface area (Å²) in [5.41, 5.74) is 5.22. The molecule has 1 aliphatic carbocycles. The summed E-state index contributed by atoms with van der Waals surface area (Å²) in [5, 5.41) is 0. The highest BCUT2D eigenvalue weighted by molar-refractivity contribution is 5.59. The molecule has 1 fully saturated rings. The molecule has 1 aliphatic rings. The summed E-state index contributed by atoms with van der Waals surface area (Å²) in [7, 11) is 0. The number of benzene rings is 1. The standard InChI is InChI=1S/C35H55N/c1-3-5-7-8-9-10-12-18-33-25-28-35(36-29-33)34-26-23-32(24-27-34)17-14-13-16-31-21-19-30(20-22-31)15-11-6-4-2/h23-31H,3-22H2,1-2H3. The third-order valence-corrected chi connectivity index (χ3v) is 8.65. The summed E-state index contributed by atoms with van der Waals surface area (Å²) >= 11 is 0. The Morgan fingerprint density at radius 3 is 1.67 bits per heavy atom. The monoisotopic (exact) mass is 489 g/mol. The molecule has 1 nitrogen and oxygen atoms in total. The van der Waals surface area contributed by atoms with E-state index in [4.69, 9.17) is 4.98 Å². The molecule has 0 bridgehead atoms. The van der Waals surface area contributed by atoms with Crippen molar-refractivity contribution in [3.05, 3.63) is 53.7 Å². The predicted octanol–water partition coefficient (Wildman–Crippen LogP) is 11.1. The number of nitrogens with zero attached hydrogens (tertiary/aromatic N) is 1. The van der Waals surface area contributed by atoms with Crippen LogP contribution in [0.4, 0.5) is 0 Å². The fraction of sp³-hybridized carbons (Fsp3) is 0.686. The first-order valence-electron chi connectivity index (χ1n) is 15.8. The molecular formula is C35H55N. The van der Waals surface area contributed by atoms with Crippen molar-refractivity contribution in [3.8, 4) is 11.3 Å². The molecule has 1 saturated carbocycles. The average Bonchev–Trinajstić information content (AvgIpc) is 2.92. The van der Waals surface area contributed by atoms with Gasteiger partial charge in [0.05, 0.1) is 5.69 Å². The molecule has 1 heterocycles. The van der Waals surface area contributed by atoms with E-state index in [2.05, 4.69) is 56.4 Å². The summed E-state index contributed by atoms with van der Waals surface area (Å²) in [4.78, 5) is 4.77. The summed E-state index contributed by atoms with van der Waals surface area (Å²) in [6.07, 6.45) is 30.0. The Kier molecular flexibility index (Phi) is 14.3. The lowest BCUT2D eigenvalue weighted by atomic mass is 9.78. The molecular weight excluding hydrogens is 434 g/mol. The molecule has 0 unspecified atom stereocenters. The van der Waals surface area contributed by atoms with Crippen LogP contribution in [-0.2, 0) is 12.8 Å². The van der Waals surface area contributed by atoms with Gasteiger partial charge in [-0.3, -0.25) is 4.98 Å². The highest BCUT2D eigenvalue weighted by Crippen LogP contribution is 2.34. The first-order chi connectivity index (χ1) is 17.8. The lowest BCUT2D eigenvalue weighted by Gasteiger charge is -2.28. The van der Waals surface area contributed by atoms with Crippen LogP contribution in [-0.4, -0.2) is 4.98 Å². The number of hydrogen-bond donors (Lipinski definition) is 0. The molecule has 0 N–H and O–H groups in total. The largest absolute Gasteiger partial charge is 0.256 e. The normalized spacial score (nSPS) is 17.9. The number of unbranched alkanes of at least 4 members (excludes halogenated alkanes) is 9. The van der Waals surface area contributed by atoms with Crippen molar-refractivity contribution >= 4 is 0 Å². The Bertz CT molecular complexity index is 782. The lowest BCUT2D eigenvalue weighted by Crippen LogP contribution is -2.14. The van der Waals surface area contributed by atoms with E-state index < -0.39 is 0 Å². The van der Waals surface area contributed by atoms with Gasteiger partial charge in [-0.15, -0.1) is 0 Å². The van der Waals surface area contributed by atoms with Crippen LogP contribution in [0.1, 0.15) is 141 Å². The van der Waals surface area contributed by atoms with Gasteiger partial charge in [0.1, 0.15) is 0 Å². The first kappa shape index (κ1) is 28.9. The maximum Gasteiger partial charge on any atom is 0.0702 e. The van der Waals surface area contributed by atoms with Crippen LogP contribution in [0, 0.1) is 11.8 Å². The van der Waals surface area contributed by atoms with Gasteiger partial charge in [0.2, 0.25) is 0 Å². The van der Waals surface area contributed by atoms with Crippen molar-refractivity contribution in [2.45, 2.75) is 142 Å². The van der Waals surface area contributed by atoms with Crippen LogP contribution in [0.3, 0.4) is 0 Å². The van der Waals surface area contributed by atoms with Crippen LogP contribution >= 0.6 is 0 Å². The minimum absolute atomic E-state index is 1.01. The molecule has 1 heteroatoms. The van der Waals surface area contributed by atoms with E-state index in [1.807, 2.05) is 0 Å². The third kappa shape index (κ3) is 11.2. The second-order valence-electron chi connectivity index (χ2n) is 11.7. The zero-order valence-electron chi connectivity index (χ0n) is 23.8. The van der Waals surface area contributed by atoms with Crippen molar-refractivity contribution in [2.75, 3.05) is 0 Å². The number of pyridine rings is 1. The summed E-state index contributed by atoms with van der Waals surface area (Å²) in [6.45, 7) is 4.60. The summed E-state index contributed by atoms with van der Waals surface area (Å²) in [5.74, 6) is 2.05. The molecule has 3 rings (SSSR count). The van der Waals surface area contributed by atoms with Gasteiger partial charge in [0, 0.05) is 11.8 Å². The molecule has 0 atom stereocenters. The molecule has 1 aromatic heterocycles. The van der Waals surface area contributed by atoms with Crippen molar-refractivity contribution < 1.29 is 0 Å². The van der Waals surface area contributed by atoms with Gasteiger partial charge in [0.25, 0.3) is 0 Å². The lowest BCUT2D eigenvalue weighted by molar-refractivity contribution is 0.245. The smallest absolute Gasteiger partial charge is 0.0702 e. The van der Waals surface area contributed by atoms with Gasteiger partial charge in [-0.2, -0.15) is 0 Å². The Morgan fingerprint density at radius 2 is 1.06 bits per heavy atom. The highest BCUT2D eigenvalue weighted by Gasteiger charge is 2.20. The molecule has 0 spiro atoms. The second kappa shape index (κ2) is 17.8. The van der Waals surface area contributed by atoms with Crippen molar-refractivity contribution in [1.82, 2.24) is 4.98 Å². The fourth-order valence-electron chi connectivity index (χ4n) is 6.13. The average molecular weight is 490 g/mol. The maximum absolute atomic E-state index is 4.77. The number of aromatic nitrogens is 1. The number of rotatable bonds is 18. The van der Waals surface area contributed by atoms with Crippen molar-refractivity contribution in [1.29, 1.82) is 0 Å². The van der Waals surface area contributed by atoms with Crippen LogP contribution in [0.15, 0.2) is 42.6 Å². The van der Waals surface area contributed by atoms with E-state index in [0.717, 1.165) is 17.5 Å². The summed E-state index contributed by atoms with van der Waals surface area (Å²) in [6, 6.07) is 13.7. The maximum atomic E-state index is 4.77. The van der Waals surface area contributed by atoms with Gasteiger partial charge in [-0.05, 0) is 54.7 Å². The molecule has 36 heavy (non-hydrogen) atoms. The van der Waals surface area contributed by atoms with Gasteiger partial charge < -0.3 is 0 Å². The van der Waals surface area contributed by atoms with E-state index >= 15 is 0 Å². The number of aryl methyl sites for hydroxylation is 2. The molecule has 0 aliphatic heterocycles. The topological polar surface area (TPSA) is 12.9 Å². The van der Waals surface area contributed by atoms with E-state index in [1.54, 1.807) is 0 Å². The van der Waals surface area contributed by atoms with Gasteiger partial charge in [-0.1, -0.05) is 147 Å². The Labute approximate surface area is 223 Å². The first-order valence-corrected chi connectivity index (χ1v) is 15.8. The Hall–Kier alpha value is -1.63. The fourth-order valence-corrected chi connectivity index (χ4v) is 6.13. The SMILES string of the molecule is CCCCCCCCCc1ccc(-c2ccc(CCCCC3CCC(CCCCC)CC3)cc2)nc1. The van der Waals surface area contributed by atoms with E-state index in [0.29, 0.717) is 0 Å². The predicted molar refractivity (Wildman–Crippen MR) is 159 cm³/mol. The van der Waals surface area contributed by atoms with Gasteiger partial charge >= 0.3 is 0 Å². The minimum Gasteiger partial charge on any atom is -0.256 e. The Morgan fingerprint density at radius 1 is 0.556 bits per heavy atom. The van der Waals surface area contributed by atoms with Crippen LogP contribution < -0.4 is 0 Å². The molecule has 1 aromatic carbocycles. The molecule has 0 amide bonds. The van der Waals surface area contributed by atoms with Gasteiger partial charge in [0.15, 0.2) is 0 Å². The number of hydrogen-bond acceptors (Lipinski definition) is 1. The molecule has 2 aromatic rings. The molecule has 0 saturated heterocycles. The second-order valence-corrected chi connectivity index (χ2v) is 11.7. The minimum atomic E-state index is 1.01. The van der Waals surface area contributed by atoms with E-state index in [9.17, 15) is 0 Å². The van der Waals surface area contributed by atoms with Crippen molar-refractivity contribution in [2.24, 2.45) is 11.8 Å². The van der Waals surface area contributed by atoms with Crippen LogP contribution in [0.25, 0.3) is 11.3 Å². The van der Waals surface area contributed by atoms with Crippen LogP contribution in [0.2, 0.25) is 0 Å². The molecule has 0 radical (unpaired) electrons. The Balaban J connectivity index is 1.28. The van der Waals surface area contributed by atoms with E-state index in [1.165, 1.54) is 145 Å². The van der Waals surface area contributed by atoms with Crippen LogP contribution in [0.5, 0.6) is 0 Å². The van der Waals surface area contributed by atoms with Gasteiger partial charge in [-0.25, -0.2) is 0 Å². The zero-order valence-corrected chi connectivity index (χ0v) is 23.8.